The van der Waals surface area contributed by atoms with Gasteiger partial charge in [-0.25, -0.2) is 4.21 Å². The molecule has 6 heteroatoms. The number of halogens is 3. The first-order valence-electron chi connectivity index (χ1n) is 5.76. The normalized spacial score (nSPS) is 13.7. The summed E-state index contributed by atoms with van der Waals surface area (Å²) in [6.07, 6.45) is 1.89. The monoisotopic (exact) mass is 288 g/mol. The van der Waals surface area contributed by atoms with E-state index in [4.69, 9.17) is 0 Å². The van der Waals surface area contributed by atoms with Crippen molar-refractivity contribution in [1.29, 1.82) is 0 Å². The van der Waals surface area contributed by atoms with Crippen LogP contribution in [0, 0.1) is 6.92 Å². The lowest BCUT2D eigenvalue weighted by molar-refractivity contribution is -0.667. The molecule has 102 valence electrons. The van der Waals surface area contributed by atoms with Gasteiger partial charge in [-0.1, -0.05) is 0 Å². The highest BCUT2D eigenvalue weighted by molar-refractivity contribution is 7.86. The van der Waals surface area contributed by atoms with Crippen LogP contribution in [-0.4, -0.2) is 9.72 Å². The Hall–Kier alpha value is -1.43. The molecule has 0 saturated heterocycles. The van der Waals surface area contributed by atoms with E-state index in [1.54, 1.807) is 6.07 Å². The van der Waals surface area contributed by atoms with Gasteiger partial charge in [0, 0.05) is 17.0 Å². The Morgan fingerprint density at radius 1 is 1.26 bits per heavy atom. The Morgan fingerprint density at radius 3 is 2.53 bits per heavy atom. The maximum Gasteiger partial charge on any atom is 0.475 e. The molecule has 1 heterocycles. The highest BCUT2D eigenvalue weighted by Crippen LogP contribution is 2.28. The summed E-state index contributed by atoms with van der Waals surface area (Å²) in [5, 5.41) is 0.694. The van der Waals surface area contributed by atoms with Crippen LogP contribution in [0.15, 0.2) is 35.4 Å². The second kappa shape index (κ2) is 4.92. The molecule has 0 saturated carbocycles. The quantitative estimate of drug-likeness (QED) is 0.778. The number of alkyl halides is 3. The van der Waals surface area contributed by atoms with Crippen molar-refractivity contribution in [2.75, 3.05) is 0 Å². The molecule has 2 aromatic rings. The minimum absolute atomic E-state index is 0.211. The van der Waals surface area contributed by atoms with E-state index < -0.39 is 16.3 Å². The van der Waals surface area contributed by atoms with Crippen LogP contribution in [0.1, 0.15) is 12.5 Å². The molecule has 0 aliphatic heterocycles. The molecule has 0 N–H and O–H groups in total. The number of fused-ring (bicyclic) bond motifs is 1. The Labute approximate surface area is 111 Å². The van der Waals surface area contributed by atoms with Gasteiger partial charge in [-0.3, -0.25) is 0 Å². The number of hydrogen-bond donors (Lipinski definition) is 0. The summed E-state index contributed by atoms with van der Waals surface area (Å²) in [5.41, 5.74) is -3.02. The van der Waals surface area contributed by atoms with E-state index in [0.29, 0.717) is 5.39 Å². The maximum absolute atomic E-state index is 12.5. The Bertz CT molecular complexity index is 652. The highest BCUT2D eigenvalue weighted by Gasteiger charge is 2.38. The first-order valence-corrected chi connectivity index (χ1v) is 6.91. The Morgan fingerprint density at radius 2 is 1.95 bits per heavy atom. The molecule has 0 unspecified atom stereocenters. The molecule has 0 fully saturated rings. The van der Waals surface area contributed by atoms with Gasteiger partial charge >= 0.3 is 5.51 Å². The zero-order chi connectivity index (χ0) is 14.2. The minimum atomic E-state index is -4.73. The van der Waals surface area contributed by atoms with Crippen molar-refractivity contribution in [3.63, 3.8) is 0 Å². The molecule has 1 aromatic carbocycles. The van der Waals surface area contributed by atoms with Gasteiger partial charge in [0.15, 0.2) is 17.0 Å². The molecule has 0 radical (unpaired) electrons. The zero-order valence-corrected chi connectivity index (χ0v) is 11.3. The number of hydrogen-bond acceptors (Lipinski definition) is 1. The van der Waals surface area contributed by atoms with Crippen molar-refractivity contribution in [3.05, 3.63) is 36.0 Å². The predicted molar refractivity (Wildman–Crippen MR) is 67.0 cm³/mol. The molecule has 2 rings (SSSR count). The first kappa shape index (κ1) is 14.0. The first-order chi connectivity index (χ1) is 8.84. The fourth-order valence-corrected chi connectivity index (χ4v) is 2.66. The van der Waals surface area contributed by atoms with Gasteiger partial charge < -0.3 is 0 Å². The lowest BCUT2D eigenvalue weighted by atomic mass is 10.1. The number of nitrogens with zero attached hydrogens (tertiary/aromatic N) is 1. The van der Waals surface area contributed by atoms with Gasteiger partial charge in [0.25, 0.3) is 0 Å². The van der Waals surface area contributed by atoms with Crippen LogP contribution in [0.25, 0.3) is 10.9 Å². The van der Waals surface area contributed by atoms with Crippen molar-refractivity contribution >= 4 is 21.7 Å². The van der Waals surface area contributed by atoms with E-state index in [0.717, 1.165) is 17.6 Å². The lowest BCUT2D eigenvalue weighted by Crippen LogP contribution is -2.32. The number of pyridine rings is 1. The van der Waals surface area contributed by atoms with Crippen LogP contribution >= 0.6 is 0 Å². The Balaban J connectivity index is 2.64. The summed E-state index contributed by atoms with van der Waals surface area (Å²) in [5.74, 6) is 0. The zero-order valence-electron chi connectivity index (χ0n) is 10.5. The number of aryl methyl sites for hydroxylation is 2. The molecule has 0 bridgehead atoms. The number of rotatable bonds is 2. The molecule has 0 aliphatic carbocycles. The fraction of sp³-hybridized carbons (Fsp3) is 0.308. The van der Waals surface area contributed by atoms with Gasteiger partial charge in [0.2, 0.25) is 5.52 Å². The average Bonchev–Trinajstić information content (AvgIpc) is 2.37. The maximum atomic E-state index is 12.5. The topological polar surface area (TPSA) is 20.9 Å². The standard InChI is InChI=1S/C13H13F3NOS/c1-3-17-7-6-9(2)11-8-10(4-5-12(11)17)19(18)13(14,15)16/h4-8H,3H2,1-2H3/q+1/t19-/m1/s1. The summed E-state index contributed by atoms with van der Waals surface area (Å²) in [4.78, 5) is -0.211. The minimum Gasteiger partial charge on any atom is -0.245 e. The molecular formula is C13H13F3NOS+. The smallest absolute Gasteiger partial charge is 0.245 e. The van der Waals surface area contributed by atoms with Crippen molar-refractivity contribution in [1.82, 2.24) is 0 Å². The van der Waals surface area contributed by atoms with Crippen LogP contribution in [0.5, 0.6) is 0 Å². The van der Waals surface area contributed by atoms with E-state index in [9.17, 15) is 17.4 Å². The molecule has 1 atom stereocenters. The largest absolute Gasteiger partial charge is 0.475 e. The second-order valence-electron chi connectivity index (χ2n) is 4.18. The molecule has 0 aliphatic rings. The van der Waals surface area contributed by atoms with E-state index in [1.165, 1.54) is 12.1 Å². The number of aromatic nitrogens is 1. The molecule has 0 spiro atoms. The second-order valence-corrected chi connectivity index (χ2v) is 5.65. The molecular weight excluding hydrogens is 275 g/mol. The molecule has 0 amide bonds. The van der Waals surface area contributed by atoms with Crippen LogP contribution in [-0.2, 0) is 17.3 Å². The summed E-state index contributed by atoms with van der Waals surface area (Å²) in [6.45, 7) is 4.50. The van der Waals surface area contributed by atoms with Crippen molar-refractivity contribution in [2.45, 2.75) is 30.8 Å². The molecule has 2 nitrogen and oxygen atoms in total. The Kier molecular flexibility index (Phi) is 3.62. The van der Waals surface area contributed by atoms with Gasteiger partial charge in [0.05, 0.1) is 5.39 Å². The summed E-state index contributed by atoms with van der Waals surface area (Å²) < 4.78 is 50.7. The van der Waals surface area contributed by atoms with Crippen LogP contribution in [0.4, 0.5) is 13.2 Å². The van der Waals surface area contributed by atoms with Gasteiger partial charge in [-0.2, -0.15) is 17.7 Å². The summed E-state index contributed by atoms with van der Waals surface area (Å²) in [7, 11) is -2.98. The van der Waals surface area contributed by atoms with Crippen LogP contribution in [0.2, 0.25) is 0 Å². The highest BCUT2D eigenvalue weighted by atomic mass is 32.2. The van der Waals surface area contributed by atoms with Crippen LogP contribution in [0.3, 0.4) is 0 Å². The average molecular weight is 288 g/mol. The van der Waals surface area contributed by atoms with Gasteiger partial charge in [0.1, 0.15) is 6.54 Å². The van der Waals surface area contributed by atoms with E-state index in [2.05, 4.69) is 0 Å². The van der Waals surface area contributed by atoms with Gasteiger partial charge in [-0.05, 0) is 31.5 Å². The third-order valence-electron chi connectivity index (χ3n) is 2.97. The van der Waals surface area contributed by atoms with Crippen molar-refractivity contribution in [2.24, 2.45) is 0 Å². The summed E-state index contributed by atoms with van der Waals surface area (Å²) >= 11 is 0. The lowest BCUT2D eigenvalue weighted by Gasteiger charge is -2.08. The predicted octanol–water partition coefficient (Wildman–Crippen LogP) is 3.08. The number of benzene rings is 1. The van der Waals surface area contributed by atoms with Crippen molar-refractivity contribution in [3.8, 4) is 0 Å². The third-order valence-corrected chi connectivity index (χ3v) is 4.07. The fourth-order valence-electron chi connectivity index (χ4n) is 1.98. The summed E-state index contributed by atoms with van der Waals surface area (Å²) in [6, 6.07) is 6.06. The van der Waals surface area contributed by atoms with E-state index in [-0.39, 0.29) is 4.90 Å². The van der Waals surface area contributed by atoms with E-state index >= 15 is 0 Å². The molecule has 1 aromatic heterocycles. The SMILES string of the molecule is CC[n+]1ccc(C)c2cc([S@@](=O)C(F)(F)F)ccc21. The van der Waals surface area contributed by atoms with Crippen LogP contribution < -0.4 is 4.57 Å². The van der Waals surface area contributed by atoms with E-state index in [1.807, 2.05) is 30.7 Å². The molecule has 19 heavy (non-hydrogen) atoms. The van der Waals surface area contributed by atoms with Crippen molar-refractivity contribution < 1.29 is 21.9 Å². The van der Waals surface area contributed by atoms with Gasteiger partial charge in [-0.15, -0.1) is 0 Å². The third kappa shape index (κ3) is 2.63.